The van der Waals surface area contributed by atoms with E-state index in [9.17, 15) is 9.18 Å². The Morgan fingerprint density at radius 2 is 1.76 bits per heavy atom. The van der Waals surface area contributed by atoms with Gasteiger partial charge in [-0.25, -0.2) is 9.07 Å². The first-order valence-corrected chi connectivity index (χ1v) is 10.5. The molecule has 1 aromatic heterocycles. The van der Waals surface area contributed by atoms with Gasteiger partial charge in [-0.1, -0.05) is 23.7 Å². The van der Waals surface area contributed by atoms with Crippen LogP contribution in [0.25, 0.3) is 17.1 Å². The predicted molar refractivity (Wildman–Crippen MR) is 123 cm³/mol. The van der Waals surface area contributed by atoms with E-state index in [4.69, 9.17) is 21.1 Å². The third-order valence-corrected chi connectivity index (χ3v) is 4.81. The maximum atomic E-state index is 14.4. The van der Waals surface area contributed by atoms with Gasteiger partial charge in [0.15, 0.2) is 12.4 Å². The maximum absolute atomic E-state index is 14.4. The highest BCUT2D eigenvalue weighted by Crippen LogP contribution is 2.26. The van der Waals surface area contributed by atoms with E-state index in [-0.39, 0.29) is 18.5 Å². The molecule has 0 bridgehead atoms. The fraction of sp³-hybridized carbons (Fsp3) is 0.125. The molecular weight excluding hydrogens is 447 g/mol. The molecule has 168 valence electrons. The summed E-state index contributed by atoms with van der Waals surface area (Å²) in [5, 5.41) is 7.70. The normalized spacial score (nSPS) is 10.6. The summed E-state index contributed by atoms with van der Waals surface area (Å²) >= 11 is 5.84. The summed E-state index contributed by atoms with van der Waals surface area (Å²) < 4.78 is 26.8. The Morgan fingerprint density at radius 1 is 1.03 bits per heavy atom. The van der Waals surface area contributed by atoms with Gasteiger partial charge in [0.2, 0.25) is 0 Å². The van der Waals surface area contributed by atoms with Crippen LogP contribution in [0.4, 0.5) is 10.1 Å². The smallest absolute Gasteiger partial charge is 0.336 e. The number of benzene rings is 3. The lowest BCUT2D eigenvalue weighted by Gasteiger charge is -2.09. The third-order valence-electron chi connectivity index (χ3n) is 4.56. The zero-order valence-electron chi connectivity index (χ0n) is 17.7. The van der Waals surface area contributed by atoms with E-state index in [1.165, 1.54) is 10.7 Å². The van der Waals surface area contributed by atoms with E-state index in [1.54, 1.807) is 66.7 Å². The van der Waals surface area contributed by atoms with Crippen molar-refractivity contribution < 1.29 is 18.7 Å². The molecule has 33 heavy (non-hydrogen) atoms. The Hall–Kier alpha value is -3.91. The van der Waals surface area contributed by atoms with Gasteiger partial charge in [0, 0.05) is 10.7 Å². The van der Waals surface area contributed by atoms with E-state index in [0.717, 1.165) is 0 Å². The summed E-state index contributed by atoms with van der Waals surface area (Å²) in [6.07, 6.45) is 0. The number of ether oxygens (including phenoxy) is 2. The van der Waals surface area contributed by atoms with Crippen LogP contribution in [0.5, 0.6) is 11.8 Å². The third kappa shape index (κ3) is 5.48. The molecule has 0 radical (unpaired) electrons. The predicted octanol–water partition coefficient (Wildman–Crippen LogP) is 5.14. The summed E-state index contributed by atoms with van der Waals surface area (Å²) in [7, 11) is 0. The highest BCUT2D eigenvalue weighted by molar-refractivity contribution is 6.30. The minimum Gasteiger partial charge on any atom is -0.484 e. The molecule has 1 heterocycles. The van der Waals surface area contributed by atoms with Gasteiger partial charge in [-0.15, -0.1) is 5.10 Å². The van der Waals surface area contributed by atoms with E-state index < -0.39 is 5.82 Å². The van der Waals surface area contributed by atoms with Gasteiger partial charge in [0.25, 0.3) is 5.91 Å². The first-order chi connectivity index (χ1) is 16.0. The number of carbonyl (C=O) groups excluding carboxylic acids is 1. The SMILES string of the molecule is CCOc1nc(-c2ccccc2F)n(-c2ccc(NC(=O)COc3ccc(Cl)cc3)cc2)n1. The molecule has 0 unspecified atom stereocenters. The van der Waals surface area contributed by atoms with Gasteiger partial charge in [-0.05, 0) is 67.6 Å². The number of anilines is 1. The van der Waals surface area contributed by atoms with Crippen LogP contribution < -0.4 is 14.8 Å². The molecule has 1 N–H and O–H groups in total. The number of nitrogens with one attached hydrogen (secondary N) is 1. The standard InChI is InChI=1S/C24H20ClFN4O3/c1-2-32-24-28-23(20-5-3-4-6-21(20)26)30(29-24)18-11-9-17(10-12-18)27-22(31)15-33-19-13-7-16(25)8-14-19/h3-14H,2,15H2,1H3,(H,27,31). The second kappa shape index (κ2) is 10.1. The first-order valence-electron chi connectivity index (χ1n) is 10.2. The lowest BCUT2D eigenvalue weighted by atomic mass is 10.2. The van der Waals surface area contributed by atoms with Gasteiger partial charge in [0.05, 0.1) is 17.9 Å². The molecule has 0 aliphatic heterocycles. The van der Waals surface area contributed by atoms with Crippen molar-refractivity contribution in [3.63, 3.8) is 0 Å². The Morgan fingerprint density at radius 3 is 2.45 bits per heavy atom. The minimum absolute atomic E-state index is 0.146. The average Bonchev–Trinajstić information content (AvgIpc) is 3.23. The van der Waals surface area contributed by atoms with Crippen molar-refractivity contribution in [3.05, 3.63) is 83.6 Å². The zero-order chi connectivity index (χ0) is 23.2. The Labute approximate surface area is 194 Å². The maximum Gasteiger partial charge on any atom is 0.336 e. The molecule has 0 fully saturated rings. The minimum atomic E-state index is -0.418. The molecule has 1 amide bonds. The van der Waals surface area contributed by atoms with Crippen LogP contribution in [-0.2, 0) is 4.79 Å². The molecule has 3 aromatic carbocycles. The molecule has 0 saturated heterocycles. The van der Waals surface area contributed by atoms with Crippen LogP contribution in [0.3, 0.4) is 0 Å². The zero-order valence-corrected chi connectivity index (χ0v) is 18.4. The van der Waals surface area contributed by atoms with Crippen molar-refractivity contribution in [1.82, 2.24) is 14.8 Å². The molecule has 0 saturated carbocycles. The molecule has 4 aromatic rings. The van der Waals surface area contributed by atoms with E-state index in [2.05, 4.69) is 15.4 Å². The van der Waals surface area contributed by atoms with Crippen LogP contribution in [0.2, 0.25) is 5.02 Å². The van der Waals surface area contributed by atoms with Crippen LogP contribution >= 0.6 is 11.6 Å². The van der Waals surface area contributed by atoms with Crippen molar-refractivity contribution in [2.45, 2.75) is 6.92 Å². The number of nitrogens with zero attached hydrogens (tertiary/aromatic N) is 3. The number of amides is 1. The second-order valence-electron chi connectivity index (χ2n) is 6.88. The van der Waals surface area contributed by atoms with Gasteiger partial charge in [0.1, 0.15) is 11.6 Å². The Bertz CT molecular complexity index is 1240. The molecule has 9 heteroatoms. The van der Waals surface area contributed by atoms with Crippen molar-refractivity contribution in [3.8, 4) is 28.8 Å². The fourth-order valence-electron chi connectivity index (χ4n) is 3.04. The summed E-state index contributed by atoms with van der Waals surface area (Å²) in [6.45, 7) is 2.04. The summed E-state index contributed by atoms with van der Waals surface area (Å²) in [6, 6.07) is 20.1. The topological polar surface area (TPSA) is 78.3 Å². The number of hydrogen-bond acceptors (Lipinski definition) is 5. The summed E-state index contributed by atoms with van der Waals surface area (Å²) in [5.74, 6) is 0.120. The highest BCUT2D eigenvalue weighted by atomic mass is 35.5. The van der Waals surface area contributed by atoms with Crippen LogP contribution in [0, 0.1) is 5.82 Å². The molecule has 0 atom stereocenters. The van der Waals surface area contributed by atoms with E-state index in [0.29, 0.717) is 40.1 Å². The molecule has 0 spiro atoms. The van der Waals surface area contributed by atoms with Crippen LogP contribution in [0.15, 0.2) is 72.8 Å². The van der Waals surface area contributed by atoms with Crippen LogP contribution in [-0.4, -0.2) is 33.9 Å². The number of halogens is 2. The summed E-state index contributed by atoms with van der Waals surface area (Å²) in [4.78, 5) is 16.5. The lowest BCUT2D eigenvalue weighted by Crippen LogP contribution is -2.20. The average molecular weight is 467 g/mol. The highest BCUT2D eigenvalue weighted by Gasteiger charge is 2.17. The number of aromatic nitrogens is 3. The van der Waals surface area contributed by atoms with Crippen molar-refractivity contribution in [2.75, 3.05) is 18.5 Å². The number of rotatable bonds is 8. The van der Waals surface area contributed by atoms with E-state index >= 15 is 0 Å². The Kier molecular flexibility index (Phi) is 6.85. The van der Waals surface area contributed by atoms with Gasteiger partial charge in [-0.3, -0.25) is 4.79 Å². The van der Waals surface area contributed by atoms with Crippen molar-refractivity contribution >= 4 is 23.2 Å². The monoisotopic (exact) mass is 466 g/mol. The van der Waals surface area contributed by atoms with Crippen molar-refractivity contribution in [1.29, 1.82) is 0 Å². The van der Waals surface area contributed by atoms with Gasteiger partial charge in [-0.2, -0.15) is 4.98 Å². The molecular formula is C24H20ClFN4O3. The molecule has 0 aliphatic carbocycles. The largest absolute Gasteiger partial charge is 0.484 e. The van der Waals surface area contributed by atoms with Gasteiger partial charge >= 0.3 is 6.01 Å². The van der Waals surface area contributed by atoms with Gasteiger partial charge < -0.3 is 14.8 Å². The molecule has 4 rings (SSSR count). The van der Waals surface area contributed by atoms with Crippen molar-refractivity contribution in [2.24, 2.45) is 0 Å². The molecule has 0 aliphatic rings. The lowest BCUT2D eigenvalue weighted by molar-refractivity contribution is -0.118. The quantitative estimate of drug-likeness (QED) is 0.389. The number of hydrogen-bond donors (Lipinski definition) is 1. The summed E-state index contributed by atoms with van der Waals surface area (Å²) in [5.41, 5.74) is 1.50. The number of carbonyl (C=O) groups is 1. The Balaban J connectivity index is 1.49. The van der Waals surface area contributed by atoms with E-state index in [1.807, 2.05) is 6.92 Å². The molecule has 7 nitrogen and oxygen atoms in total. The first kappa shape index (κ1) is 22.3. The second-order valence-corrected chi connectivity index (χ2v) is 7.32. The van der Waals surface area contributed by atoms with Crippen LogP contribution in [0.1, 0.15) is 6.92 Å². The fourth-order valence-corrected chi connectivity index (χ4v) is 3.17.